The largest absolute Gasteiger partial charge is 0.480 e. The highest BCUT2D eigenvalue weighted by Crippen LogP contribution is 2.29. The summed E-state index contributed by atoms with van der Waals surface area (Å²) in [4.78, 5) is 22.5. The standard InChI is InChI=1S/C15H24N2O3/c1-3-5-13(14(18)19)17-15(20)16-10-12-8-6-11(4-2)7-9-12/h1,11-13H,4-10H2,2H3,(H,18,19)(H2,16,17,20). The number of terminal acetylenes is 1. The van der Waals surface area contributed by atoms with Crippen LogP contribution in [0.25, 0.3) is 0 Å². The summed E-state index contributed by atoms with van der Waals surface area (Å²) in [7, 11) is 0. The van der Waals surface area contributed by atoms with E-state index in [-0.39, 0.29) is 6.42 Å². The molecule has 1 rings (SSSR count). The van der Waals surface area contributed by atoms with E-state index in [2.05, 4.69) is 23.5 Å². The number of aliphatic carboxylic acids is 1. The number of carboxylic acids is 1. The van der Waals surface area contributed by atoms with Gasteiger partial charge in [0.25, 0.3) is 0 Å². The third-order valence-electron chi connectivity index (χ3n) is 4.02. The Balaban J connectivity index is 2.26. The highest BCUT2D eigenvalue weighted by atomic mass is 16.4. The molecule has 0 aromatic heterocycles. The van der Waals surface area contributed by atoms with Crippen LogP contribution >= 0.6 is 0 Å². The average Bonchev–Trinajstić information content (AvgIpc) is 2.45. The fourth-order valence-electron chi connectivity index (χ4n) is 2.61. The SMILES string of the molecule is C#CCC(NC(=O)NCC1CCC(CC)CC1)C(=O)O. The van der Waals surface area contributed by atoms with Crippen LogP contribution in [0.4, 0.5) is 4.79 Å². The van der Waals surface area contributed by atoms with Crippen molar-refractivity contribution in [3.05, 3.63) is 0 Å². The fraction of sp³-hybridized carbons (Fsp3) is 0.733. The van der Waals surface area contributed by atoms with Gasteiger partial charge in [0.15, 0.2) is 0 Å². The second-order valence-electron chi connectivity index (χ2n) is 5.45. The van der Waals surface area contributed by atoms with Crippen LogP contribution in [0.5, 0.6) is 0 Å². The zero-order valence-corrected chi connectivity index (χ0v) is 12.0. The van der Waals surface area contributed by atoms with Crippen LogP contribution in [0, 0.1) is 24.2 Å². The summed E-state index contributed by atoms with van der Waals surface area (Å²) in [6.07, 6.45) is 11.0. The Morgan fingerprint density at radius 3 is 2.40 bits per heavy atom. The molecule has 112 valence electrons. The Labute approximate surface area is 120 Å². The predicted octanol–water partition coefficient (Wildman–Crippen LogP) is 1.98. The second-order valence-corrected chi connectivity index (χ2v) is 5.45. The molecule has 0 aliphatic heterocycles. The Bertz CT molecular complexity index is 368. The van der Waals surface area contributed by atoms with E-state index >= 15 is 0 Å². The third-order valence-corrected chi connectivity index (χ3v) is 4.02. The van der Waals surface area contributed by atoms with Crippen molar-refractivity contribution in [3.8, 4) is 12.3 Å². The Morgan fingerprint density at radius 1 is 1.30 bits per heavy atom. The molecule has 5 heteroatoms. The average molecular weight is 280 g/mol. The van der Waals surface area contributed by atoms with Gasteiger partial charge in [0.2, 0.25) is 0 Å². The van der Waals surface area contributed by atoms with Gasteiger partial charge in [-0.1, -0.05) is 26.2 Å². The van der Waals surface area contributed by atoms with Gasteiger partial charge < -0.3 is 15.7 Å². The molecule has 1 aliphatic carbocycles. The first-order valence-corrected chi connectivity index (χ1v) is 7.27. The molecule has 0 bridgehead atoms. The normalized spacial score (nSPS) is 23.4. The van der Waals surface area contributed by atoms with Gasteiger partial charge in [-0.25, -0.2) is 9.59 Å². The molecule has 0 aromatic rings. The van der Waals surface area contributed by atoms with E-state index < -0.39 is 18.0 Å². The van der Waals surface area contributed by atoms with Crippen LogP contribution in [-0.2, 0) is 4.79 Å². The van der Waals surface area contributed by atoms with Crippen LogP contribution in [0.1, 0.15) is 45.4 Å². The minimum Gasteiger partial charge on any atom is -0.480 e. The fourth-order valence-corrected chi connectivity index (χ4v) is 2.61. The number of hydrogen-bond donors (Lipinski definition) is 3. The molecule has 0 aromatic carbocycles. The van der Waals surface area contributed by atoms with Gasteiger partial charge in [0.05, 0.1) is 0 Å². The van der Waals surface area contributed by atoms with Crippen molar-refractivity contribution in [1.29, 1.82) is 0 Å². The van der Waals surface area contributed by atoms with Gasteiger partial charge in [0.1, 0.15) is 6.04 Å². The lowest BCUT2D eigenvalue weighted by atomic mass is 9.81. The first kappa shape index (κ1) is 16.4. The van der Waals surface area contributed by atoms with E-state index in [1.54, 1.807) is 0 Å². The minimum atomic E-state index is -1.11. The van der Waals surface area contributed by atoms with Crippen molar-refractivity contribution < 1.29 is 14.7 Å². The molecule has 0 saturated heterocycles. The maximum absolute atomic E-state index is 11.6. The maximum Gasteiger partial charge on any atom is 0.327 e. The number of urea groups is 1. The molecule has 1 unspecified atom stereocenters. The maximum atomic E-state index is 11.6. The Kier molecular flexibility index (Phi) is 6.92. The highest BCUT2D eigenvalue weighted by molar-refractivity contribution is 5.82. The molecule has 1 saturated carbocycles. The molecule has 3 N–H and O–H groups in total. The summed E-state index contributed by atoms with van der Waals surface area (Å²) in [6.45, 7) is 2.82. The number of amides is 2. The Hall–Kier alpha value is -1.70. The van der Waals surface area contributed by atoms with Crippen molar-refractivity contribution in [2.45, 2.75) is 51.5 Å². The summed E-state index contributed by atoms with van der Waals surface area (Å²) in [6, 6.07) is -1.47. The number of carboxylic acid groups (broad SMARTS) is 1. The molecule has 0 spiro atoms. The van der Waals surface area contributed by atoms with E-state index in [0.717, 1.165) is 18.8 Å². The molecular formula is C15H24N2O3. The van der Waals surface area contributed by atoms with Gasteiger partial charge in [-0.05, 0) is 24.7 Å². The van der Waals surface area contributed by atoms with Crippen molar-refractivity contribution >= 4 is 12.0 Å². The molecule has 1 aliphatic rings. The second kappa shape index (κ2) is 8.47. The molecule has 0 heterocycles. The van der Waals surface area contributed by atoms with Crippen molar-refractivity contribution in [1.82, 2.24) is 10.6 Å². The van der Waals surface area contributed by atoms with E-state index in [9.17, 15) is 9.59 Å². The molecule has 2 amide bonds. The molecule has 0 radical (unpaired) electrons. The van der Waals surface area contributed by atoms with Crippen LogP contribution in [0.3, 0.4) is 0 Å². The zero-order chi connectivity index (χ0) is 15.0. The summed E-state index contributed by atoms with van der Waals surface area (Å²) in [5, 5.41) is 14.0. The van der Waals surface area contributed by atoms with E-state index in [4.69, 9.17) is 11.5 Å². The number of nitrogens with one attached hydrogen (secondary N) is 2. The van der Waals surface area contributed by atoms with Crippen molar-refractivity contribution in [2.24, 2.45) is 11.8 Å². The predicted molar refractivity (Wildman–Crippen MR) is 77.1 cm³/mol. The summed E-state index contributed by atoms with van der Waals surface area (Å²) in [5.74, 6) is 2.46. The highest BCUT2D eigenvalue weighted by Gasteiger charge is 2.22. The first-order valence-electron chi connectivity index (χ1n) is 7.27. The molecule has 5 nitrogen and oxygen atoms in total. The van der Waals surface area contributed by atoms with E-state index in [1.165, 1.54) is 19.3 Å². The minimum absolute atomic E-state index is 0.00956. The van der Waals surface area contributed by atoms with Crippen LogP contribution < -0.4 is 10.6 Å². The summed E-state index contributed by atoms with van der Waals surface area (Å²) in [5.41, 5.74) is 0. The zero-order valence-electron chi connectivity index (χ0n) is 12.0. The first-order chi connectivity index (χ1) is 9.56. The summed E-state index contributed by atoms with van der Waals surface area (Å²) >= 11 is 0. The topological polar surface area (TPSA) is 78.4 Å². The van der Waals surface area contributed by atoms with E-state index in [1.807, 2.05) is 0 Å². The van der Waals surface area contributed by atoms with Gasteiger partial charge in [0, 0.05) is 13.0 Å². The third kappa shape index (κ3) is 5.52. The van der Waals surface area contributed by atoms with Crippen LogP contribution in [0.15, 0.2) is 0 Å². The van der Waals surface area contributed by atoms with Crippen LogP contribution in [-0.4, -0.2) is 29.7 Å². The molecule has 1 fully saturated rings. The lowest BCUT2D eigenvalue weighted by Gasteiger charge is -2.28. The van der Waals surface area contributed by atoms with Gasteiger partial charge >= 0.3 is 12.0 Å². The molecule has 20 heavy (non-hydrogen) atoms. The number of rotatable bonds is 6. The number of carbonyl (C=O) groups excluding carboxylic acids is 1. The number of carbonyl (C=O) groups is 2. The van der Waals surface area contributed by atoms with Crippen molar-refractivity contribution in [2.75, 3.05) is 6.54 Å². The van der Waals surface area contributed by atoms with Crippen LogP contribution in [0.2, 0.25) is 0 Å². The molecular weight excluding hydrogens is 256 g/mol. The van der Waals surface area contributed by atoms with Gasteiger partial charge in [-0.3, -0.25) is 0 Å². The van der Waals surface area contributed by atoms with Gasteiger partial charge in [-0.15, -0.1) is 12.3 Å². The van der Waals surface area contributed by atoms with E-state index in [0.29, 0.717) is 12.5 Å². The lowest BCUT2D eigenvalue weighted by molar-refractivity contribution is -0.139. The monoisotopic (exact) mass is 280 g/mol. The quantitative estimate of drug-likeness (QED) is 0.651. The van der Waals surface area contributed by atoms with Gasteiger partial charge in [-0.2, -0.15) is 0 Å². The Morgan fingerprint density at radius 2 is 1.90 bits per heavy atom. The lowest BCUT2D eigenvalue weighted by Crippen LogP contribution is -2.47. The smallest absolute Gasteiger partial charge is 0.327 e. The molecule has 1 atom stereocenters. The van der Waals surface area contributed by atoms with Crippen molar-refractivity contribution in [3.63, 3.8) is 0 Å². The number of hydrogen-bond acceptors (Lipinski definition) is 2. The summed E-state index contributed by atoms with van der Waals surface area (Å²) < 4.78 is 0.